The van der Waals surface area contributed by atoms with Gasteiger partial charge in [0.15, 0.2) is 5.16 Å². The quantitative estimate of drug-likeness (QED) is 0.264. The number of thioether (sulfide) groups is 1. The number of benzene rings is 2. The highest BCUT2D eigenvalue weighted by Gasteiger charge is 2.11. The Bertz CT molecular complexity index is 911. The molecule has 2 aromatic carbocycles. The van der Waals surface area contributed by atoms with Gasteiger partial charge in [-0.1, -0.05) is 11.8 Å². The summed E-state index contributed by atoms with van der Waals surface area (Å²) in [5, 5.41) is 14.1. The molecule has 0 saturated heterocycles. The number of nitro benzene ring substituents is 1. The first kappa shape index (κ1) is 16.7. The summed E-state index contributed by atoms with van der Waals surface area (Å²) < 4.78 is 1.09. The number of nitro groups is 1. The number of carbonyl (C=O) groups is 1. The van der Waals surface area contributed by atoms with E-state index in [0.29, 0.717) is 16.2 Å². The summed E-state index contributed by atoms with van der Waals surface area (Å²) in [5.41, 5.74) is 1.94. The van der Waals surface area contributed by atoms with E-state index in [9.17, 15) is 14.9 Å². The van der Waals surface area contributed by atoms with Crippen LogP contribution < -0.4 is 5.32 Å². The first-order valence-corrected chi connectivity index (χ1v) is 8.90. The molecule has 0 aliphatic rings. The molecule has 1 heterocycles. The van der Waals surface area contributed by atoms with Crippen LogP contribution in [0, 0.1) is 13.7 Å². The number of rotatable bonds is 5. The Morgan fingerprint density at radius 3 is 2.75 bits per heavy atom. The van der Waals surface area contributed by atoms with Gasteiger partial charge >= 0.3 is 0 Å². The van der Waals surface area contributed by atoms with Crippen LogP contribution in [0.5, 0.6) is 0 Å². The van der Waals surface area contributed by atoms with Gasteiger partial charge in [-0.2, -0.15) is 0 Å². The van der Waals surface area contributed by atoms with E-state index < -0.39 is 4.92 Å². The van der Waals surface area contributed by atoms with Crippen LogP contribution in [0.15, 0.2) is 47.6 Å². The zero-order valence-electron chi connectivity index (χ0n) is 12.2. The maximum atomic E-state index is 12.0. The van der Waals surface area contributed by atoms with Gasteiger partial charge in [0.1, 0.15) is 0 Å². The minimum atomic E-state index is -0.457. The van der Waals surface area contributed by atoms with E-state index in [-0.39, 0.29) is 17.3 Å². The fourth-order valence-electron chi connectivity index (χ4n) is 2.02. The first-order valence-electron chi connectivity index (χ1n) is 6.83. The van der Waals surface area contributed by atoms with Crippen LogP contribution in [0.4, 0.5) is 11.4 Å². The van der Waals surface area contributed by atoms with E-state index >= 15 is 0 Å². The second kappa shape index (κ2) is 7.18. The van der Waals surface area contributed by atoms with Crippen molar-refractivity contribution in [2.45, 2.75) is 5.16 Å². The van der Waals surface area contributed by atoms with Crippen molar-refractivity contribution in [1.29, 1.82) is 0 Å². The molecular formula is C15H11IN4O3S. The summed E-state index contributed by atoms with van der Waals surface area (Å²) in [5.74, 6) is 0.0427. The van der Waals surface area contributed by atoms with Crippen LogP contribution in [0.25, 0.3) is 11.0 Å². The number of fused-ring (bicyclic) bond motifs is 1. The average molecular weight is 454 g/mol. The molecule has 1 aromatic heterocycles. The number of anilines is 1. The Hall–Kier alpha value is -2.14. The standard InChI is InChI=1S/C15H11IN4O3S/c16-9-1-3-10(4-2-9)17-14(21)8-24-15-18-12-6-5-11(20(22)23)7-13(12)19-15/h1-7H,8H2,(H,17,21)(H,18,19). The summed E-state index contributed by atoms with van der Waals surface area (Å²) in [6.45, 7) is 0. The molecule has 1 amide bonds. The van der Waals surface area contributed by atoms with Crippen molar-refractivity contribution in [3.05, 3.63) is 56.1 Å². The number of halogens is 1. The molecule has 7 nitrogen and oxygen atoms in total. The minimum Gasteiger partial charge on any atom is -0.333 e. The molecule has 0 saturated carbocycles. The first-order chi connectivity index (χ1) is 11.5. The summed E-state index contributed by atoms with van der Waals surface area (Å²) in [7, 11) is 0. The number of amides is 1. The van der Waals surface area contributed by atoms with Gasteiger partial charge in [0.25, 0.3) is 5.69 Å². The minimum absolute atomic E-state index is 0.000784. The molecule has 122 valence electrons. The fourth-order valence-corrected chi connectivity index (χ4v) is 3.06. The van der Waals surface area contributed by atoms with Crippen LogP contribution in [-0.4, -0.2) is 26.6 Å². The molecule has 0 atom stereocenters. The van der Waals surface area contributed by atoms with Crippen molar-refractivity contribution >= 4 is 62.7 Å². The number of non-ortho nitro benzene ring substituents is 1. The number of imidazole rings is 1. The summed E-state index contributed by atoms with van der Waals surface area (Å²) in [4.78, 5) is 29.6. The van der Waals surface area contributed by atoms with Crippen LogP contribution in [0.1, 0.15) is 0 Å². The molecule has 0 radical (unpaired) electrons. The highest BCUT2D eigenvalue weighted by molar-refractivity contribution is 14.1. The second-order valence-electron chi connectivity index (χ2n) is 4.84. The van der Waals surface area contributed by atoms with Crippen molar-refractivity contribution in [2.75, 3.05) is 11.1 Å². The Labute approximate surface area is 154 Å². The largest absolute Gasteiger partial charge is 0.333 e. The number of nitrogens with one attached hydrogen (secondary N) is 2. The van der Waals surface area contributed by atoms with Crippen molar-refractivity contribution in [3.63, 3.8) is 0 Å². The van der Waals surface area contributed by atoms with Gasteiger partial charge in [-0.3, -0.25) is 14.9 Å². The van der Waals surface area contributed by atoms with Crippen molar-refractivity contribution < 1.29 is 9.72 Å². The molecule has 0 spiro atoms. The van der Waals surface area contributed by atoms with Crippen molar-refractivity contribution in [1.82, 2.24) is 9.97 Å². The lowest BCUT2D eigenvalue weighted by Crippen LogP contribution is -2.14. The summed E-state index contributed by atoms with van der Waals surface area (Å²) in [6, 6.07) is 11.9. The van der Waals surface area contributed by atoms with Gasteiger partial charge in [0.05, 0.1) is 21.7 Å². The normalized spacial score (nSPS) is 10.7. The van der Waals surface area contributed by atoms with Gasteiger partial charge in [-0.05, 0) is 52.9 Å². The molecule has 2 N–H and O–H groups in total. The van der Waals surface area contributed by atoms with E-state index in [4.69, 9.17) is 0 Å². The Morgan fingerprint density at radius 2 is 2.04 bits per heavy atom. The molecule has 0 aliphatic heterocycles. The fraction of sp³-hybridized carbons (Fsp3) is 0.0667. The maximum Gasteiger partial charge on any atom is 0.271 e. The predicted molar refractivity (Wildman–Crippen MR) is 101 cm³/mol. The molecule has 0 aliphatic carbocycles. The third kappa shape index (κ3) is 4.03. The molecule has 0 fully saturated rings. The van der Waals surface area contributed by atoms with Gasteiger partial charge in [-0.25, -0.2) is 4.98 Å². The number of hydrogen-bond acceptors (Lipinski definition) is 5. The number of hydrogen-bond donors (Lipinski definition) is 2. The smallest absolute Gasteiger partial charge is 0.271 e. The van der Waals surface area contributed by atoms with E-state index in [1.807, 2.05) is 24.3 Å². The topological polar surface area (TPSA) is 101 Å². The van der Waals surface area contributed by atoms with Crippen LogP contribution >= 0.6 is 34.4 Å². The third-order valence-corrected chi connectivity index (χ3v) is 4.71. The van der Waals surface area contributed by atoms with E-state index in [1.54, 1.807) is 6.07 Å². The number of aromatic amines is 1. The second-order valence-corrected chi connectivity index (χ2v) is 7.05. The van der Waals surface area contributed by atoms with Crippen molar-refractivity contribution in [3.8, 4) is 0 Å². The molecule has 24 heavy (non-hydrogen) atoms. The van der Waals surface area contributed by atoms with Crippen LogP contribution in [0.2, 0.25) is 0 Å². The van der Waals surface area contributed by atoms with E-state index in [2.05, 4.69) is 37.9 Å². The van der Waals surface area contributed by atoms with E-state index in [0.717, 1.165) is 9.26 Å². The zero-order valence-corrected chi connectivity index (χ0v) is 15.1. The monoisotopic (exact) mass is 454 g/mol. The van der Waals surface area contributed by atoms with Gasteiger partial charge in [0.2, 0.25) is 5.91 Å². The highest BCUT2D eigenvalue weighted by Crippen LogP contribution is 2.23. The zero-order chi connectivity index (χ0) is 17.1. The number of H-pyrrole nitrogens is 1. The average Bonchev–Trinajstić information content (AvgIpc) is 2.97. The molecule has 3 rings (SSSR count). The molecule has 3 aromatic rings. The third-order valence-electron chi connectivity index (χ3n) is 3.12. The number of carbonyl (C=O) groups excluding carboxylic acids is 1. The summed E-state index contributed by atoms with van der Waals surface area (Å²) >= 11 is 3.44. The summed E-state index contributed by atoms with van der Waals surface area (Å²) in [6.07, 6.45) is 0. The Balaban J connectivity index is 1.63. The van der Waals surface area contributed by atoms with Gasteiger partial charge in [-0.15, -0.1) is 0 Å². The SMILES string of the molecule is O=C(CSc1nc2ccc([N+](=O)[O-])cc2[nH]1)Nc1ccc(I)cc1. The highest BCUT2D eigenvalue weighted by atomic mass is 127. The van der Waals surface area contributed by atoms with Gasteiger partial charge in [0, 0.05) is 21.4 Å². The lowest BCUT2D eigenvalue weighted by atomic mass is 10.3. The van der Waals surface area contributed by atoms with Gasteiger partial charge < -0.3 is 10.3 Å². The molecule has 0 bridgehead atoms. The van der Waals surface area contributed by atoms with Crippen LogP contribution in [-0.2, 0) is 4.79 Å². The molecule has 0 unspecified atom stereocenters. The number of nitrogens with zero attached hydrogens (tertiary/aromatic N) is 2. The maximum absolute atomic E-state index is 12.0. The van der Waals surface area contributed by atoms with Crippen LogP contribution in [0.3, 0.4) is 0 Å². The molecular weight excluding hydrogens is 443 g/mol. The Morgan fingerprint density at radius 1 is 1.29 bits per heavy atom. The van der Waals surface area contributed by atoms with Crippen molar-refractivity contribution in [2.24, 2.45) is 0 Å². The Kier molecular flexibility index (Phi) is 5.00. The lowest BCUT2D eigenvalue weighted by molar-refractivity contribution is -0.384. The predicted octanol–water partition coefficient (Wildman–Crippen LogP) is 3.81. The van der Waals surface area contributed by atoms with E-state index in [1.165, 1.54) is 23.9 Å². The molecule has 9 heteroatoms. The lowest BCUT2D eigenvalue weighted by Gasteiger charge is -2.04. The number of aromatic nitrogens is 2.